The highest BCUT2D eigenvalue weighted by Crippen LogP contribution is 2.26. The molecule has 2 aromatic rings. The highest BCUT2D eigenvalue weighted by atomic mass is 16.5. The maximum atomic E-state index is 11.9. The summed E-state index contributed by atoms with van der Waals surface area (Å²) in [4.78, 5) is 11.9. The Kier molecular flexibility index (Phi) is 4.36. The average molecular weight is 295 g/mol. The van der Waals surface area contributed by atoms with Crippen molar-refractivity contribution >= 4 is 11.7 Å². The van der Waals surface area contributed by atoms with Crippen LogP contribution in [0.15, 0.2) is 30.5 Å². The van der Waals surface area contributed by atoms with Gasteiger partial charge in [-0.3, -0.25) is 0 Å². The van der Waals surface area contributed by atoms with E-state index in [1.165, 1.54) is 17.9 Å². The molecule has 0 radical (unpaired) electrons. The predicted octanol–water partition coefficient (Wildman–Crippen LogP) is 1.73. The average Bonchev–Trinajstić information content (AvgIpc) is 2.89. The van der Waals surface area contributed by atoms with Crippen LogP contribution in [-0.2, 0) is 4.74 Å². The molecule has 2 N–H and O–H groups in total. The molecule has 0 amide bonds. The quantitative estimate of drug-likeness (QED) is 0.685. The van der Waals surface area contributed by atoms with E-state index < -0.39 is 5.97 Å². The van der Waals surface area contributed by atoms with E-state index in [0.717, 1.165) is 0 Å². The normalized spacial score (nSPS) is 9.59. The molecule has 0 unspecified atom stereocenters. The first-order chi connectivity index (χ1) is 10.6. The van der Waals surface area contributed by atoms with E-state index in [4.69, 9.17) is 26.9 Å². The molecular formula is C16H13N3O3. The van der Waals surface area contributed by atoms with Crippen LogP contribution in [-0.4, -0.2) is 24.3 Å². The number of carbonyl (C=O) groups is 1. The highest BCUT2D eigenvalue weighted by Gasteiger charge is 2.21. The van der Waals surface area contributed by atoms with Crippen LogP contribution in [0.4, 0.5) is 5.69 Å². The van der Waals surface area contributed by atoms with Gasteiger partial charge in [-0.15, -0.1) is 6.42 Å². The number of hydrogen-bond acceptors (Lipinski definition) is 5. The van der Waals surface area contributed by atoms with Gasteiger partial charge in [-0.2, -0.15) is 5.26 Å². The molecule has 0 saturated heterocycles. The Hall–Kier alpha value is -3.38. The molecule has 0 bridgehead atoms. The van der Waals surface area contributed by atoms with Crippen LogP contribution in [0.5, 0.6) is 5.75 Å². The summed E-state index contributed by atoms with van der Waals surface area (Å²) >= 11 is 0. The predicted molar refractivity (Wildman–Crippen MR) is 80.6 cm³/mol. The zero-order valence-electron chi connectivity index (χ0n) is 11.9. The van der Waals surface area contributed by atoms with Crippen LogP contribution >= 0.6 is 0 Å². The van der Waals surface area contributed by atoms with Crippen molar-refractivity contribution in [2.24, 2.45) is 0 Å². The lowest BCUT2D eigenvalue weighted by molar-refractivity contribution is 0.0593. The summed E-state index contributed by atoms with van der Waals surface area (Å²) in [5.74, 6) is 2.28. The standard InChI is InChI=1S/C16H13N3O3/c1-3-7-22-13-6-4-5-12(8-13)19-10-11(9-17)14(18)15(19)16(20)21-2/h1,4-6,8,10H,7,18H2,2H3. The van der Waals surface area contributed by atoms with E-state index in [1.807, 2.05) is 6.07 Å². The first kappa shape index (κ1) is 15.0. The van der Waals surface area contributed by atoms with Gasteiger partial charge < -0.3 is 19.8 Å². The van der Waals surface area contributed by atoms with E-state index in [-0.39, 0.29) is 23.6 Å². The number of anilines is 1. The number of rotatable bonds is 4. The SMILES string of the molecule is C#CCOc1cccc(-n2cc(C#N)c(N)c2C(=O)OC)c1. The zero-order valence-corrected chi connectivity index (χ0v) is 11.9. The van der Waals surface area contributed by atoms with Gasteiger partial charge >= 0.3 is 5.97 Å². The van der Waals surface area contributed by atoms with Crippen LogP contribution in [0.2, 0.25) is 0 Å². The van der Waals surface area contributed by atoms with Crippen molar-refractivity contribution in [1.29, 1.82) is 5.26 Å². The summed E-state index contributed by atoms with van der Waals surface area (Å²) in [6.07, 6.45) is 6.63. The minimum atomic E-state index is -0.631. The van der Waals surface area contributed by atoms with Crippen LogP contribution < -0.4 is 10.5 Å². The van der Waals surface area contributed by atoms with Crippen molar-refractivity contribution in [1.82, 2.24) is 4.57 Å². The molecular weight excluding hydrogens is 282 g/mol. The molecule has 0 aliphatic heterocycles. The summed E-state index contributed by atoms with van der Waals surface area (Å²) in [5.41, 5.74) is 6.80. The molecule has 1 heterocycles. The number of esters is 1. The second kappa shape index (κ2) is 6.38. The number of nitrogens with two attached hydrogens (primary N) is 1. The van der Waals surface area contributed by atoms with Crippen LogP contribution in [0.3, 0.4) is 0 Å². The molecule has 0 aliphatic carbocycles. The molecule has 0 spiro atoms. The largest absolute Gasteiger partial charge is 0.481 e. The second-order valence-corrected chi connectivity index (χ2v) is 4.27. The number of ether oxygens (including phenoxy) is 2. The van der Waals surface area contributed by atoms with Gasteiger partial charge in [-0.05, 0) is 12.1 Å². The fourth-order valence-corrected chi connectivity index (χ4v) is 1.97. The number of nitrogen functional groups attached to an aromatic ring is 1. The maximum absolute atomic E-state index is 11.9. The number of nitriles is 1. The van der Waals surface area contributed by atoms with Crippen LogP contribution in [0, 0.1) is 23.7 Å². The maximum Gasteiger partial charge on any atom is 0.357 e. The Labute approximate surface area is 127 Å². The Morgan fingerprint density at radius 3 is 2.91 bits per heavy atom. The van der Waals surface area contributed by atoms with Crippen molar-refractivity contribution in [2.45, 2.75) is 0 Å². The number of terminal acetylenes is 1. The number of benzene rings is 1. The molecule has 110 valence electrons. The Morgan fingerprint density at radius 2 is 2.27 bits per heavy atom. The number of methoxy groups -OCH3 is 1. The number of aromatic nitrogens is 1. The molecule has 6 heteroatoms. The van der Waals surface area contributed by atoms with Gasteiger partial charge in [0, 0.05) is 18.0 Å². The Bertz CT molecular complexity index is 794. The molecule has 1 aromatic carbocycles. The molecule has 0 fully saturated rings. The zero-order chi connectivity index (χ0) is 16.1. The smallest absolute Gasteiger partial charge is 0.357 e. The Morgan fingerprint density at radius 1 is 1.50 bits per heavy atom. The molecule has 2 rings (SSSR count). The topological polar surface area (TPSA) is 90.3 Å². The third kappa shape index (κ3) is 2.72. The van der Waals surface area contributed by atoms with E-state index in [2.05, 4.69) is 5.92 Å². The van der Waals surface area contributed by atoms with E-state index >= 15 is 0 Å². The number of hydrogen-bond donors (Lipinski definition) is 1. The van der Waals surface area contributed by atoms with Gasteiger partial charge in [0.1, 0.15) is 18.4 Å². The first-order valence-corrected chi connectivity index (χ1v) is 6.28. The lowest BCUT2D eigenvalue weighted by Crippen LogP contribution is -2.11. The monoisotopic (exact) mass is 295 g/mol. The summed E-state index contributed by atoms with van der Waals surface area (Å²) in [5, 5.41) is 9.09. The van der Waals surface area contributed by atoms with Crippen molar-refractivity contribution < 1.29 is 14.3 Å². The molecule has 22 heavy (non-hydrogen) atoms. The number of nitrogens with zero attached hydrogens (tertiary/aromatic N) is 2. The first-order valence-electron chi connectivity index (χ1n) is 6.28. The third-order valence-corrected chi connectivity index (χ3v) is 2.96. The minimum Gasteiger partial charge on any atom is -0.481 e. The van der Waals surface area contributed by atoms with E-state index in [1.54, 1.807) is 24.3 Å². The fourth-order valence-electron chi connectivity index (χ4n) is 1.97. The van der Waals surface area contributed by atoms with Crippen molar-refractivity contribution in [3.63, 3.8) is 0 Å². The van der Waals surface area contributed by atoms with Crippen molar-refractivity contribution in [2.75, 3.05) is 19.5 Å². The molecule has 1 aromatic heterocycles. The second-order valence-electron chi connectivity index (χ2n) is 4.27. The summed E-state index contributed by atoms with van der Waals surface area (Å²) < 4.78 is 11.6. The van der Waals surface area contributed by atoms with Crippen molar-refractivity contribution in [3.05, 3.63) is 41.7 Å². The highest BCUT2D eigenvalue weighted by molar-refractivity contribution is 5.95. The van der Waals surface area contributed by atoms with Crippen LogP contribution in [0.25, 0.3) is 5.69 Å². The fraction of sp³-hybridized carbons (Fsp3) is 0.125. The van der Waals surface area contributed by atoms with Gasteiger partial charge in [-0.25, -0.2) is 4.79 Å². The van der Waals surface area contributed by atoms with E-state index in [0.29, 0.717) is 11.4 Å². The van der Waals surface area contributed by atoms with Gasteiger partial charge in [0.25, 0.3) is 0 Å². The molecule has 0 atom stereocenters. The summed E-state index contributed by atoms with van der Waals surface area (Å²) in [7, 11) is 1.25. The van der Waals surface area contributed by atoms with Gasteiger partial charge in [-0.1, -0.05) is 12.0 Å². The summed E-state index contributed by atoms with van der Waals surface area (Å²) in [6, 6.07) is 8.85. The van der Waals surface area contributed by atoms with Crippen LogP contribution in [0.1, 0.15) is 16.1 Å². The summed E-state index contributed by atoms with van der Waals surface area (Å²) in [6.45, 7) is 0.130. The molecule has 0 saturated carbocycles. The van der Waals surface area contributed by atoms with Gasteiger partial charge in [0.2, 0.25) is 0 Å². The number of carbonyl (C=O) groups excluding carboxylic acids is 1. The molecule has 0 aliphatic rings. The minimum absolute atomic E-state index is 0.0734. The van der Waals surface area contributed by atoms with Gasteiger partial charge in [0.05, 0.1) is 18.4 Å². The van der Waals surface area contributed by atoms with Crippen molar-refractivity contribution in [3.8, 4) is 29.8 Å². The lowest BCUT2D eigenvalue weighted by Gasteiger charge is -2.10. The lowest BCUT2D eigenvalue weighted by atomic mass is 10.2. The molecule has 6 nitrogen and oxygen atoms in total. The van der Waals surface area contributed by atoms with Gasteiger partial charge in [0.15, 0.2) is 5.69 Å². The third-order valence-electron chi connectivity index (χ3n) is 2.96. The van der Waals surface area contributed by atoms with E-state index in [9.17, 15) is 4.79 Å². The Balaban J connectivity index is 2.55.